The summed E-state index contributed by atoms with van der Waals surface area (Å²) in [5.41, 5.74) is 5.83. The molecule has 35 heavy (non-hydrogen) atoms. The topological polar surface area (TPSA) is 94.8 Å². The van der Waals surface area contributed by atoms with Gasteiger partial charge in [0.05, 0.1) is 31.1 Å². The van der Waals surface area contributed by atoms with E-state index in [0.717, 1.165) is 22.3 Å². The molecule has 0 unspecified atom stereocenters. The highest BCUT2D eigenvalue weighted by molar-refractivity contribution is 7.17. The summed E-state index contributed by atoms with van der Waals surface area (Å²) in [7, 11) is 0. The Bertz CT molecular complexity index is 1420. The summed E-state index contributed by atoms with van der Waals surface area (Å²) in [5.74, 6) is 0.819. The summed E-state index contributed by atoms with van der Waals surface area (Å²) < 4.78 is 12.5. The van der Waals surface area contributed by atoms with E-state index in [0.29, 0.717) is 34.9 Å². The molecule has 4 rings (SSSR count). The molecule has 0 atom stereocenters. The number of amides is 1. The van der Waals surface area contributed by atoms with Crippen molar-refractivity contribution >= 4 is 33.7 Å². The first-order chi connectivity index (χ1) is 17.0. The molecule has 0 radical (unpaired) electrons. The number of ether oxygens (including phenoxy) is 2. The molecule has 0 spiro atoms. The van der Waals surface area contributed by atoms with Crippen LogP contribution in [-0.2, 0) is 11.3 Å². The minimum absolute atomic E-state index is 0.199. The molecular formula is C26H26N4O4S. The van der Waals surface area contributed by atoms with Crippen molar-refractivity contribution in [2.24, 2.45) is 5.10 Å². The first-order valence-electron chi connectivity index (χ1n) is 11.2. The number of benzene rings is 2. The number of fused-ring (bicyclic) bond motifs is 1. The van der Waals surface area contributed by atoms with Gasteiger partial charge in [0, 0.05) is 10.9 Å². The van der Waals surface area contributed by atoms with Gasteiger partial charge in [-0.1, -0.05) is 29.8 Å². The van der Waals surface area contributed by atoms with Crippen LogP contribution in [0.5, 0.6) is 11.5 Å². The first-order valence-corrected chi connectivity index (χ1v) is 12.1. The summed E-state index contributed by atoms with van der Waals surface area (Å²) in [4.78, 5) is 30.6. The van der Waals surface area contributed by atoms with Crippen molar-refractivity contribution in [2.75, 3.05) is 13.2 Å². The number of carbonyl (C=O) groups excluding carboxylic acids is 1. The van der Waals surface area contributed by atoms with Crippen molar-refractivity contribution in [3.8, 4) is 22.6 Å². The molecular weight excluding hydrogens is 464 g/mol. The lowest BCUT2D eigenvalue weighted by atomic mass is 10.1. The van der Waals surface area contributed by atoms with Gasteiger partial charge in [-0.25, -0.2) is 10.4 Å². The lowest BCUT2D eigenvalue weighted by Gasteiger charge is -2.11. The van der Waals surface area contributed by atoms with Crippen LogP contribution in [0, 0.1) is 6.92 Å². The third-order valence-corrected chi connectivity index (χ3v) is 6.09. The van der Waals surface area contributed by atoms with Crippen LogP contribution in [0.4, 0.5) is 0 Å². The predicted molar refractivity (Wildman–Crippen MR) is 139 cm³/mol. The number of hydrogen-bond donors (Lipinski definition) is 1. The number of carbonyl (C=O) groups is 1. The van der Waals surface area contributed by atoms with Gasteiger partial charge in [0.1, 0.15) is 11.4 Å². The number of hydrazone groups is 1. The number of aryl methyl sites for hydroxylation is 1. The van der Waals surface area contributed by atoms with E-state index in [2.05, 4.69) is 15.5 Å². The fourth-order valence-electron chi connectivity index (χ4n) is 3.54. The van der Waals surface area contributed by atoms with Gasteiger partial charge in [-0.3, -0.25) is 14.2 Å². The van der Waals surface area contributed by atoms with E-state index in [1.807, 2.05) is 56.5 Å². The normalized spacial score (nSPS) is 11.2. The van der Waals surface area contributed by atoms with E-state index in [4.69, 9.17) is 9.47 Å². The van der Waals surface area contributed by atoms with Crippen molar-refractivity contribution < 1.29 is 14.3 Å². The zero-order valence-corrected chi connectivity index (χ0v) is 20.6. The van der Waals surface area contributed by atoms with E-state index in [9.17, 15) is 9.59 Å². The SMILES string of the molecule is CCOc1ccc(/C=N\NC(=O)Cn2cnc3scc(-c4ccc(C)cc4)c3c2=O)cc1OCC. The Morgan fingerprint density at radius 3 is 2.60 bits per heavy atom. The lowest BCUT2D eigenvalue weighted by molar-refractivity contribution is -0.121. The molecule has 1 N–H and O–H groups in total. The highest BCUT2D eigenvalue weighted by atomic mass is 32.1. The molecule has 0 saturated heterocycles. The number of nitrogens with zero attached hydrogens (tertiary/aromatic N) is 3. The molecule has 4 aromatic rings. The van der Waals surface area contributed by atoms with Gasteiger partial charge in [0.2, 0.25) is 0 Å². The minimum Gasteiger partial charge on any atom is -0.490 e. The van der Waals surface area contributed by atoms with Gasteiger partial charge in [0.15, 0.2) is 11.5 Å². The molecule has 2 aromatic heterocycles. The minimum atomic E-state index is -0.437. The zero-order valence-electron chi connectivity index (χ0n) is 19.8. The maximum atomic E-state index is 13.2. The highest BCUT2D eigenvalue weighted by Gasteiger charge is 2.14. The standard InChI is InChI=1S/C26H26N4O4S/c1-4-33-21-11-8-18(12-22(21)34-5-2)13-28-29-23(31)14-30-16-27-25-24(26(30)32)20(15-35-25)19-9-6-17(3)7-10-19/h6-13,15-16H,4-5,14H2,1-3H3,(H,29,31)/b28-13-. The Kier molecular flexibility index (Phi) is 7.57. The van der Waals surface area contributed by atoms with E-state index in [-0.39, 0.29) is 12.1 Å². The number of nitrogens with one attached hydrogen (secondary N) is 1. The summed E-state index contributed by atoms with van der Waals surface area (Å²) in [6.07, 6.45) is 2.90. The Labute approximate surface area is 206 Å². The highest BCUT2D eigenvalue weighted by Crippen LogP contribution is 2.31. The second-order valence-electron chi connectivity index (χ2n) is 7.74. The van der Waals surface area contributed by atoms with Crippen LogP contribution in [0.25, 0.3) is 21.3 Å². The maximum absolute atomic E-state index is 13.2. The van der Waals surface area contributed by atoms with Crippen molar-refractivity contribution in [1.29, 1.82) is 0 Å². The Hall–Kier alpha value is -3.98. The van der Waals surface area contributed by atoms with Gasteiger partial charge in [-0.05, 0) is 50.1 Å². The fraction of sp³-hybridized carbons (Fsp3) is 0.231. The van der Waals surface area contributed by atoms with E-state index >= 15 is 0 Å². The van der Waals surface area contributed by atoms with Gasteiger partial charge in [0.25, 0.3) is 11.5 Å². The van der Waals surface area contributed by atoms with Gasteiger partial charge in [-0.2, -0.15) is 5.10 Å². The molecule has 180 valence electrons. The summed E-state index contributed by atoms with van der Waals surface area (Å²) in [6.45, 7) is 6.64. The molecule has 1 amide bonds. The molecule has 2 aromatic carbocycles. The quantitative estimate of drug-likeness (QED) is 0.278. The first kappa shape index (κ1) is 24.2. The van der Waals surface area contributed by atoms with E-state index in [1.54, 1.807) is 12.1 Å². The van der Waals surface area contributed by atoms with Gasteiger partial charge in [-0.15, -0.1) is 11.3 Å². The second-order valence-corrected chi connectivity index (χ2v) is 8.60. The van der Waals surface area contributed by atoms with Crippen molar-refractivity contribution in [1.82, 2.24) is 15.0 Å². The molecule has 9 heteroatoms. The van der Waals surface area contributed by atoms with Crippen LogP contribution in [0.1, 0.15) is 25.0 Å². The van der Waals surface area contributed by atoms with Crippen LogP contribution >= 0.6 is 11.3 Å². The molecule has 8 nitrogen and oxygen atoms in total. The molecule has 0 aliphatic rings. The second kappa shape index (κ2) is 11.0. The average molecular weight is 491 g/mol. The Morgan fingerprint density at radius 1 is 1.11 bits per heavy atom. The van der Waals surface area contributed by atoms with Crippen molar-refractivity contribution in [3.63, 3.8) is 0 Å². The van der Waals surface area contributed by atoms with Crippen molar-refractivity contribution in [2.45, 2.75) is 27.3 Å². The largest absolute Gasteiger partial charge is 0.490 e. The number of rotatable bonds is 9. The van der Waals surface area contributed by atoms with E-state index < -0.39 is 5.91 Å². The Balaban J connectivity index is 1.48. The Morgan fingerprint density at radius 2 is 1.86 bits per heavy atom. The third kappa shape index (κ3) is 5.58. The van der Waals surface area contributed by atoms with Crippen LogP contribution in [0.3, 0.4) is 0 Å². The summed E-state index contributed by atoms with van der Waals surface area (Å²) in [5, 5.41) is 6.45. The van der Waals surface area contributed by atoms with Crippen LogP contribution < -0.4 is 20.5 Å². The molecule has 0 bridgehead atoms. The van der Waals surface area contributed by atoms with Gasteiger partial charge < -0.3 is 9.47 Å². The van der Waals surface area contributed by atoms with Gasteiger partial charge >= 0.3 is 0 Å². The summed E-state index contributed by atoms with van der Waals surface area (Å²) in [6, 6.07) is 13.4. The van der Waals surface area contributed by atoms with Crippen LogP contribution in [0.15, 0.2) is 64.1 Å². The molecule has 0 aliphatic carbocycles. The smallest absolute Gasteiger partial charge is 0.263 e. The maximum Gasteiger partial charge on any atom is 0.263 e. The zero-order chi connectivity index (χ0) is 24.8. The average Bonchev–Trinajstić information content (AvgIpc) is 3.28. The van der Waals surface area contributed by atoms with Crippen LogP contribution in [0.2, 0.25) is 0 Å². The number of hydrogen-bond acceptors (Lipinski definition) is 7. The fourth-order valence-corrected chi connectivity index (χ4v) is 4.45. The molecule has 0 fully saturated rings. The monoisotopic (exact) mass is 490 g/mol. The third-order valence-electron chi connectivity index (χ3n) is 5.21. The molecule has 0 saturated carbocycles. The molecule has 0 aliphatic heterocycles. The number of thiophene rings is 1. The summed E-state index contributed by atoms with van der Waals surface area (Å²) >= 11 is 1.41. The molecule has 2 heterocycles. The lowest BCUT2D eigenvalue weighted by Crippen LogP contribution is -2.30. The van der Waals surface area contributed by atoms with Crippen molar-refractivity contribution in [3.05, 3.63) is 75.7 Å². The number of aromatic nitrogens is 2. The predicted octanol–water partition coefficient (Wildman–Crippen LogP) is 4.38. The van der Waals surface area contributed by atoms with E-state index in [1.165, 1.54) is 28.4 Å². The van der Waals surface area contributed by atoms with Crippen LogP contribution in [-0.4, -0.2) is 34.9 Å².